The summed E-state index contributed by atoms with van der Waals surface area (Å²) in [6.07, 6.45) is 4.37. The number of carbonyl (C=O) groups is 1. The van der Waals surface area contributed by atoms with E-state index in [0.717, 1.165) is 13.0 Å². The minimum absolute atomic E-state index is 0.119. The van der Waals surface area contributed by atoms with E-state index in [9.17, 15) is 9.90 Å². The molecule has 0 fully saturated rings. The molecule has 0 aliphatic rings. The normalized spacial score (nSPS) is 11.8. The molecule has 20 heavy (non-hydrogen) atoms. The van der Waals surface area contributed by atoms with Gasteiger partial charge in [-0.25, -0.2) is 4.79 Å². The van der Waals surface area contributed by atoms with Crippen LogP contribution in [0.5, 0.6) is 0 Å². The third-order valence-electron chi connectivity index (χ3n) is 2.95. The summed E-state index contributed by atoms with van der Waals surface area (Å²) in [5.74, 6) is -0.655. The van der Waals surface area contributed by atoms with E-state index in [2.05, 4.69) is 17.2 Å². The van der Waals surface area contributed by atoms with Crippen LogP contribution in [0, 0.1) is 0 Å². The molecule has 2 aromatic rings. The first-order valence-corrected chi connectivity index (χ1v) is 6.61. The molecule has 0 radical (unpaired) electrons. The maximum absolute atomic E-state index is 11.5. The van der Waals surface area contributed by atoms with Crippen molar-refractivity contribution in [2.24, 2.45) is 0 Å². The average molecular weight is 277 g/mol. The Morgan fingerprint density at radius 1 is 1.45 bits per heavy atom. The largest absolute Gasteiger partial charge is 0.477 e. The van der Waals surface area contributed by atoms with Crippen LogP contribution in [-0.4, -0.2) is 26.0 Å². The molecule has 0 aromatic carbocycles. The number of aromatic carboxylic acids is 1. The Morgan fingerprint density at radius 2 is 2.15 bits per heavy atom. The number of carboxylic acids is 1. The molecule has 0 amide bonds. The molecule has 0 atom stereocenters. The monoisotopic (exact) mass is 277 g/mol. The van der Waals surface area contributed by atoms with Crippen molar-refractivity contribution in [2.75, 3.05) is 0 Å². The highest BCUT2D eigenvalue weighted by molar-refractivity contribution is 5.96. The predicted molar refractivity (Wildman–Crippen MR) is 73.7 cm³/mol. The van der Waals surface area contributed by atoms with E-state index in [1.165, 1.54) is 0 Å². The maximum Gasteiger partial charge on any atom is 0.341 e. The Morgan fingerprint density at radius 3 is 2.70 bits per heavy atom. The molecule has 0 saturated heterocycles. The van der Waals surface area contributed by atoms with Crippen molar-refractivity contribution < 1.29 is 14.4 Å². The molecule has 0 unspecified atom stereocenters. The lowest BCUT2D eigenvalue weighted by Crippen LogP contribution is -2.15. The van der Waals surface area contributed by atoms with Crippen molar-refractivity contribution in [2.45, 2.75) is 46.1 Å². The molecule has 6 nitrogen and oxygen atoms in total. The van der Waals surface area contributed by atoms with Crippen LogP contribution in [0.2, 0.25) is 0 Å². The van der Waals surface area contributed by atoms with Crippen LogP contribution in [0.15, 0.2) is 16.9 Å². The Balaban J connectivity index is 2.51. The summed E-state index contributed by atoms with van der Waals surface area (Å²) >= 11 is 0. The standard InChI is InChI=1S/C14H19N3O3/c1-5-6-17-8-9(7-15-17)11-10(13(18)19)12(20-16-11)14(2,3)4/h7-8H,5-6H2,1-4H3,(H,18,19). The Bertz CT molecular complexity index is 620. The minimum atomic E-state index is -1.03. The number of aromatic nitrogens is 3. The SMILES string of the molecule is CCCn1cc(-c2noc(C(C)(C)C)c2C(=O)O)cn1. The summed E-state index contributed by atoms with van der Waals surface area (Å²) in [5, 5.41) is 17.6. The van der Waals surface area contributed by atoms with Gasteiger partial charge in [-0.1, -0.05) is 32.9 Å². The van der Waals surface area contributed by atoms with Crippen LogP contribution >= 0.6 is 0 Å². The van der Waals surface area contributed by atoms with Crippen molar-refractivity contribution >= 4 is 5.97 Å². The second-order valence-corrected chi connectivity index (χ2v) is 5.78. The van der Waals surface area contributed by atoms with Crippen LogP contribution in [0.4, 0.5) is 0 Å². The number of hydrogen-bond donors (Lipinski definition) is 1. The third kappa shape index (κ3) is 2.59. The topological polar surface area (TPSA) is 81.2 Å². The van der Waals surface area contributed by atoms with Crippen LogP contribution < -0.4 is 0 Å². The molecule has 1 N–H and O–H groups in total. The number of rotatable bonds is 4. The van der Waals surface area contributed by atoms with Crippen molar-refractivity contribution in [3.63, 3.8) is 0 Å². The first kappa shape index (κ1) is 14.3. The van der Waals surface area contributed by atoms with Gasteiger partial charge < -0.3 is 9.63 Å². The maximum atomic E-state index is 11.5. The zero-order valence-corrected chi connectivity index (χ0v) is 12.2. The first-order valence-electron chi connectivity index (χ1n) is 6.61. The number of carboxylic acid groups (broad SMARTS) is 1. The van der Waals surface area contributed by atoms with Gasteiger partial charge >= 0.3 is 5.97 Å². The van der Waals surface area contributed by atoms with E-state index in [1.54, 1.807) is 17.1 Å². The zero-order chi connectivity index (χ0) is 14.9. The van der Waals surface area contributed by atoms with E-state index in [1.807, 2.05) is 20.8 Å². The molecule has 0 spiro atoms. The predicted octanol–water partition coefficient (Wildman–Crippen LogP) is 2.94. The lowest BCUT2D eigenvalue weighted by atomic mass is 9.89. The summed E-state index contributed by atoms with van der Waals surface area (Å²) in [6, 6.07) is 0. The van der Waals surface area contributed by atoms with E-state index >= 15 is 0 Å². The lowest BCUT2D eigenvalue weighted by Gasteiger charge is -2.14. The summed E-state index contributed by atoms with van der Waals surface area (Å²) in [6.45, 7) is 8.52. The summed E-state index contributed by atoms with van der Waals surface area (Å²) in [7, 11) is 0. The smallest absolute Gasteiger partial charge is 0.341 e. The highest BCUT2D eigenvalue weighted by Crippen LogP contribution is 2.32. The van der Waals surface area contributed by atoms with Crippen LogP contribution in [0.1, 0.15) is 50.2 Å². The van der Waals surface area contributed by atoms with Gasteiger partial charge in [0, 0.05) is 23.7 Å². The molecular formula is C14H19N3O3. The Hall–Kier alpha value is -2.11. The fourth-order valence-electron chi connectivity index (χ4n) is 2.03. The Labute approximate surface area is 117 Å². The van der Waals surface area contributed by atoms with Gasteiger partial charge in [0.1, 0.15) is 11.3 Å². The van der Waals surface area contributed by atoms with Gasteiger partial charge in [-0.2, -0.15) is 5.10 Å². The number of hydrogen-bond acceptors (Lipinski definition) is 4. The molecule has 2 aromatic heterocycles. The van der Waals surface area contributed by atoms with Gasteiger partial charge in [0.15, 0.2) is 5.76 Å². The van der Waals surface area contributed by atoms with Crippen molar-refractivity contribution in [1.82, 2.24) is 14.9 Å². The molecule has 0 bridgehead atoms. The summed E-state index contributed by atoms with van der Waals surface area (Å²) in [5.41, 5.74) is 0.701. The quantitative estimate of drug-likeness (QED) is 0.929. The second kappa shape index (κ2) is 5.11. The molecule has 2 rings (SSSR count). The minimum Gasteiger partial charge on any atom is -0.477 e. The fourth-order valence-corrected chi connectivity index (χ4v) is 2.03. The Kier molecular flexibility index (Phi) is 3.65. The summed E-state index contributed by atoms with van der Waals surface area (Å²) in [4.78, 5) is 11.5. The van der Waals surface area contributed by atoms with Crippen LogP contribution in [-0.2, 0) is 12.0 Å². The van der Waals surface area contributed by atoms with Crippen molar-refractivity contribution in [3.8, 4) is 11.3 Å². The zero-order valence-electron chi connectivity index (χ0n) is 12.2. The van der Waals surface area contributed by atoms with Crippen LogP contribution in [0.25, 0.3) is 11.3 Å². The van der Waals surface area contributed by atoms with Crippen molar-refractivity contribution in [3.05, 3.63) is 23.7 Å². The molecular weight excluding hydrogens is 258 g/mol. The number of nitrogens with zero attached hydrogens (tertiary/aromatic N) is 3. The summed E-state index contributed by atoms with van der Waals surface area (Å²) < 4.78 is 7.05. The molecule has 0 aliphatic heterocycles. The molecule has 6 heteroatoms. The molecule has 0 saturated carbocycles. The van der Waals surface area contributed by atoms with Gasteiger partial charge in [-0.15, -0.1) is 0 Å². The highest BCUT2D eigenvalue weighted by atomic mass is 16.5. The fraction of sp³-hybridized carbons (Fsp3) is 0.500. The van der Waals surface area contributed by atoms with Gasteiger partial charge in [-0.3, -0.25) is 4.68 Å². The van der Waals surface area contributed by atoms with Crippen LogP contribution in [0.3, 0.4) is 0 Å². The highest BCUT2D eigenvalue weighted by Gasteiger charge is 2.31. The van der Waals surface area contributed by atoms with E-state index in [-0.39, 0.29) is 5.56 Å². The average Bonchev–Trinajstić information content (AvgIpc) is 2.92. The van der Waals surface area contributed by atoms with E-state index < -0.39 is 11.4 Å². The molecule has 108 valence electrons. The van der Waals surface area contributed by atoms with E-state index in [0.29, 0.717) is 17.0 Å². The van der Waals surface area contributed by atoms with Gasteiger partial charge in [0.05, 0.1) is 6.20 Å². The lowest BCUT2D eigenvalue weighted by molar-refractivity contribution is 0.0693. The third-order valence-corrected chi connectivity index (χ3v) is 2.95. The van der Waals surface area contributed by atoms with Gasteiger partial charge in [0.2, 0.25) is 0 Å². The first-order chi connectivity index (χ1) is 9.34. The van der Waals surface area contributed by atoms with Gasteiger partial charge in [-0.05, 0) is 6.42 Å². The molecule has 2 heterocycles. The number of aryl methyl sites for hydroxylation is 1. The van der Waals surface area contributed by atoms with E-state index in [4.69, 9.17) is 4.52 Å². The molecule has 0 aliphatic carbocycles. The van der Waals surface area contributed by atoms with Crippen molar-refractivity contribution in [1.29, 1.82) is 0 Å². The van der Waals surface area contributed by atoms with Gasteiger partial charge in [0.25, 0.3) is 0 Å². The second-order valence-electron chi connectivity index (χ2n) is 5.78.